The zero-order chi connectivity index (χ0) is 29.5. The summed E-state index contributed by atoms with van der Waals surface area (Å²) in [6.45, 7) is 14.3. The molecule has 2 amide bonds. The van der Waals surface area contributed by atoms with Crippen molar-refractivity contribution in [2.75, 3.05) is 37.7 Å². The Balaban J connectivity index is 1.15. The van der Waals surface area contributed by atoms with Crippen LogP contribution >= 0.6 is 0 Å². The number of imidazole rings is 1. The Morgan fingerprint density at radius 2 is 1.85 bits per heavy atom. The Kier molecular flexibility index (Phi) is 7.94. The minimum Gasteiger partial charge on any atom is -0.382 e. The maximum atomic E-state index is 12.5. The molecule has 3 aromatic rings. The van der Waals surface area contributed by atoms with Crippen molar-refractivity contribution in [1.82, 2.24) is 29.7 Å². The highest BCUT2D eigenvalue weighted by Gasteiger charge is 2.56. The minimum absolute atomic E-state index is 0.0675. The summed E-state index contributed by atoms with van der Waals surface area (Å²) in [6, 6.07) is 7.75. The summed E-state index contributed by atoms with van der Waals surface area (Å²) in [5.41, 5.74) is 9.17. The second kappa shape index (κ2) is 11.2. The molecule has 2 aromatic heterocycles. The molecule has 4 heterocycles. The Hall–Kier alpha value is -3.32. The molecule has 0 bridgehead atoms. The van der Waals surface area contributed by atoms with Gasteiger partial charge < -0.3 is 35.5 Å². The number of anilines is 2. The number of ether oxygens (including phenoxy) is 3. The molecule has 12 heteroatoms. The van der Waals surface area contributed by atoms with Gasteiger partial charge in [-0.15, -0.1) is 0 Å². The van der Waals surface area contributed by atoms with Gasteiger partial charge >= 0.3 is 6.03 Å². The fourth-order valence-electron chi connectivity index (χ4n) is 5.56. The van der Waals surface area contributed by atoms with Gasteiger partial charge in [-0.3, -0.25) is 4.57 Å². The van der Waals surface area contributed by atoms with E-state index in [-0.39, 0.29) is 35.7 Å². The van der Waals surface area contributed by atoms with Crippen LogP contribution in [0, 0.1) is 5.92 Å². The summed E-state index contributed by atoms with van der Waals surface area (Å²) in [5, 5.41) is 5.90. The van der Waals surface area contributed by atoms with Crippen LogP contribution in [0.2, 0.25) is 0 Å². The van der Waals surface area contributed by atoms with Crippen LogP contribution in [0.3, 0.4) is 0 Å². The third-order valence-electron chi connectivity index (χ3n) is 7.52. The first-order valence-electron chi connectivity index (χ1n) is 14.1. The highest BCUT2D eigenvalue weighted by Crippen LogP contribution is 2.44. The van der Waals surface area contributed by atoms with Gasteiger partial charge in [-0.2, -0.15) is 0 Å². The lowest BCUT2D eigenvalue weighted by molar-refractivity contribution is -0.197. The number of fused-ring (bicyclic) bond motifs is 2. The monoisotopic (exact) mass is 566 g/mol. The van der Waals surface area contributed by atoms with Gasteiger partial charge in [0, 0.05) is 25.3 Å². The second-order valence-corrected chi connectivity index (χ2v) is 12.7. The van der Waals surface area contributed by atoms with Crippen molar-refractivity contribution in [3.05, 3.63) is 42.5 Å². The lowest BCUT2D eigenvalue weighted by Gasteiger charge is -2.28. The van der Waals surface area contributed by atoms with E-state index in [0.29, 0.717) is 30.1 Å². The molecule has 2 aliphatic rings. The number of nitrogens with zero attached hydrogens (tertiary/aromatic N) is 5. The molecule has 2 saturated heterocycles. The second-order valence-electron chi connectivity index (χ2n) is 12.7. The van der Waals surface area contributed by atoms with Crippen LogP contribution in [0.4, 0.5) is 16.3 Å². The van der Waals surface area contributed by atoms with Crippen molar-refractivity contribution in [2.24, 2.45) is 5.92 Å². The first-order valence-corrected chi connectivity index (χ1v) is 14.1. The largest absolute Gasteiger partial charge is 0.382 e. The normalized spacial score (nSPS) is 24.5. The number of benzene rings is 1. The molecule has 0 saturated carbocycles. The fourth-order valence-corrected chi connectivity index (χ4v) is 5.56. The number of rotatable bonds is 8. The lowest BCUT2D eigenvalue weighted by atomic mass is 9.87. The molecular weight excluding hydrogens is 524 g/mol. The summed E-state index contributed by atoms with van der Waals surface area (Å²) in [7, 11) is 2.04. The smallest absolute Gasteiger partial charge is 0.319 e. The van der Waals surface area contributed by atoms with Crippen LogP contribution in [0.1, 0.15) is 53.3 Å². The van der Waals surface area contributed by atoms with Crippen LogP contribution in [0.25, 0.3) is 11.2 Å². The summed E-state index contributed by atoms with van der Waals surface area (Å²) >= 11 is 0. The van der Waals surface area contributed by atoms with E-state index in [4.69, 9.17) is 19.9 Å². The van der Waals surface area contributed by atoms with E-state index >= 15 is 0 Å². The van der Waals surface area contributed by atoms with Gasteiger partial charge in [-0.1, -0.05) is 39.8 Å². The standard InChI is InChI=1S/C29H42N8O4/c1-17(12-31-27(38)35-19-10-8-18(9-11-19)28(2,3)4)13-36(7)14-20-22-23(41-29(5,6)40-22)26(39-20)37-16-34-21-24(30)32-15-33-25(21)37/h8-11,15-17,20,22-23,26H,12-14H2,1-7H3,(H2,30,32,33)(H2,31,35,38). The van der Waals surface area contributed by atoms with Crippen molar-refractivity contribution in [3.63, 3.8) is 0 Å². The fraction of sp³-hybridized carbons (Fsp3) is 0.586. The minimum atomic E-state index is -0.740. The molecule has 5 unspecified atom stereocenters. The zero-order valence-corrected chi connectivity index (χ0v) is 24.9. The number of nitrogens with two attached hydrogens (primary N) is 1. The molecule has 0 aliphatic carbocycles. The van der Waals surface area contributed by atoms with Crippen molar-refractivity contribution in [1.29, 1.82) is 0 Å². The van der Waals surface area contributed by atoms with E-state index in [0.717, 1.165) is 12.2 Å². The Labute approximate surface area is 241 Å². The number of carbonyl (C=O) groups is 1. The van der Waals surface area contributed by atoms with E-state index in [9.17, 15) is 4.79 Å². The third kappa shape index (κ3) is 6.45. The highest BCUT2D eigenvalue weighted by atomic mass is 16.8. The Bertz CT molecular complexity index is 1370. The average molecular weight is 567 g/mol. The van der Waals surface area contributed by atoms with E-state index in [1.807, 2.05) is 49.7 Å². The molecular formula is C29H42N8O4. The Morgan fingerprint density at radius 1 is 1.15 bits per heavy atom. The predicted molar refractivity (Wildman–Crippen MR) is 156 cm³/mol. The maximum Gasteiger partial charge on any atom is 0.319 e. The van der Waals surface area contributed by atoms with Crippen LogP contribution in [0.15, 0.2) is 36.9 Å². The summed E-state index contributed by atoms with van der Waals surface area (Å²) < 4.78 is 20.9. The van der Waals surface area contributed by atoms with Gasteiger partial charge in [0.15, 0.2) is 23.5 Å². The number of aromatic nitrogens is 4. The van der Waals surface area contributed by atoms with E-state index < -0.39 is 12.0 Å². The van der Waals surface area contributed by atoms with Crippen molar-refractivity contribution in [2.45, 2.75) is 77.3 Å². The highest BCUT2D eigenvalue weighted by molar-refractivity contribution is 5.89. The van der Waals surface area contributed by atoms with Gasteiger partial charge in [0.05, 0.1) is 6.33 Å². The molecule has 5 rings (SSSR count). The zero-order valence-electron chi connectivity index (χ0n) is 24.9. The number of likely N-dealkylation sites (N-methyl/N-ethyl adjacent to an activating group) is 1. The lowest BCUT2D eigenvalue weighted by Crippen LogP contribution is -2.41. The maximum absolute atomic E-state index is 12.5. The molecule has 41 heavy (non-hydrogen) atoms. The number of amides is 2. The molecule has 2 fully saturated rings. The quantitative estimate of drug-likeness (QED) is 0.373. The van der Waals surface area contributed by atoms with E-state index in [2.05, 4.69) is 58.2 Å². The number of carbonyl (C=O) groups excluding carboxylic acids is 1. The molecule has 12 nitrogen and oxygen atoms in total. The number of hydrogen-bond acceptors (Lipinski definition) is 9. The molecule has 4 N–H and O–H groups in total. The predicted octanol–water partition coefficient (Wildman–Crippen LogP) is 3.51. The van der Waals surface area contributed by atoms with E-state index in [1.54, 1.807) is 6.33 Å². The molecule has 0 spiro atoms. The van der Waals surface area contributed by atoms with Gasteiger partial charge in [0.2, 0.25) is 0 Å². The molecule has 1 aromatic carbocycles. The van der Waals surface area contributed by atoms with Crippen LogP contribution in [-0.2, 0) is 19.6 Å². The van der Waals surface area contributed by atoms with Crippen molar-refractivity contribution >= 4 is 28.7 Å². The summed E-state index contributed by atoms with van der Waals surface area (Å²) in [4.78, 5) is 27.5. The van der Waals surface area contributed by atoms with Crippen LogP contribution in [0.5, 0.6) is 0 Å². The number of urea groups is 1. The van der Waals surface area contributed by atoms with Crippen molar-refractivity contribution < 1.29 is 19.0 Å². The van der Waals surface area contributed by atoms with Gasteiger partial charge in [-0.05, 0) is 49.9 Å². The van der Waals surface area contributed by atoms with Gasteiger partial charge in [0.25, 0.3) is 0 Å². The molecule has 222 valence electrons. The number of hydrogen-bond donors (Lipinski definition) is 3. The topological polar surface area (TPSA) is 142 Å². The molecule has 0 radical (unpaired) electrons. The van der Waals surface area contributed by atoms with Crippen LogP contribution in [-0.4, -0.2) is 81.2 Å². The number of nitrogen functional groups attached to an aromatic ring is 1. The Morgan fingerprint density at radius 3 is 2.56 bits per heavy atom. The number of nitrogens with one attached hydrogen (secondary N) is 2. The summed E-state index contributed by atoms with van der Waals surface area (Å²) in [6.07, 6.45) is 1.76. The summed E-state index contributed by atoms with van der Waals surface area (Å²) in [5.74, 6) is -0.217. The first kappa shape index (κ1) is 29.2. The SMILES string of the molecule is CC(CNC(=O)Nc1ccc(C(C)(C)C)cc1)CN(C)CC1OC(n2cnc3c(N)ncnc32)C2OC(C)(C)OC12. The third-order valence-corrected chi connectivity index (χ3v) is 7.52. The van der Waals surface area contributed by atoms with Crippen molar-refractivity contribution in [3.8, 4) is 0 Å². The average Bonchev–Trinajstić information content (AvgIpc) is 3.54. The molecule has 2 aliphatic heterocycles. The van der Waals surface area contributed by atoms with E-state index in [1.165, 1.54) is 11.9 Å². The molecule has 5 atom stereocenters. The van der Waals surface area contributed by atoms with Gasteiger partial charge in [0.1, 0.15) is 30.2 Å². The van der Waals surface area contributed by atoms with Gasteiger partial charge in [-0.25, -0.2) is 19.7 Å². The first-order chi connectivity index (χ1) is 19.3. The van der Waals surface area contributed by atoms with Crippen LogP contribution < -0.4 is 16.4 Å².